The van der Waals surface area contributed by atoms with Crippen molar-refractivity contribution in [2.24, 2.45) is 5.73 Å². The molecule has 1 aromatic carbocycles. The Morgan fingerprint density at radius 1 is 1.13 bits per heavy atom. The second-order valence-electron chi connectivity index (χ2n) is 8.41. The molecular formula is C22H23Cl2F3N6O5S. The minimum Gasteiger partial charge on any atom is -0.475 e. The lowest BCUT2D eigenvalue weighted by Gasteiger charge is -2.32. The van der Waals surface area contributed by atoms with E-state index in [0.29, 0.717) is 32.8 Å². The molecule has 0 radical (unpaired) electrons. The number of carbonyl (C=O) groups is 2. The number of halogens is 5. The van der Waals surface area contributed by atoms with Crippen LogP contribution < -0.4 is 5.73 Å². The quantitative estimate of drug-likeness (QED) is 0.457. The van der Waals surface area contributed by atoms with E-state index in [-0.39, 0.29) is 44.3 Å². The highest BCUT2D eigenvalue weighted by Gasteiger charge is 2.38. The molecule has 0 spiro atoms. The summed E-state index contributed by atoms with van der Waals surface area (Å²) < 4.78 is 58.3. The number of hydrogen-bond donors (Lipinski definition) is 2. The van der Waals surface area contributed by atoms with E-state index in [2.05, 4.69) is 9.97 Å². The van der Waals surface area contributed by atoms with Gasteiger partial charge in [-0.05, 0) is 25.1 Å². The van der Waals surface area contributed by atoms with Crippen LogP contribution in [0.1, 0.15) is 21.7 Å². The number of benzene rings is 1. The number of aromatic nitrogens is 3. The zero-order valence-electron chi connectivity index (χ0n) is 20.5. The molecule has 0 bridgehead atoms. The number of sulfonamides is 1. The molecule has 1 saturated heterocycles. The van der Waals surface area contributed by atoms with Gasteiger partial charge in [0.1, 0.15) is 5.69 Å². The summed E-state index contributed by atoms with van der Waals surface area (Å²) in [5.74, 6) is -2.70. The van der Waals surface area contributed by atoms with Crippen LogP contribution in [-0.2, 0) is 21.4 Å². The topological polar surface area (TPSA) is 151 Å². The number of carbonyl (C=O) groups excluding carboxylic acids is 1. The van der Waals surface area contributed by atoms with Crippen molar-refractivity contribution in [1.29, 1.82) is 0 Å². The third-order valence-corrected chi connectivity index (χ3v) is 7.62. The fourth-order valence-corrected chi connectivity index (χ4v) is 5.18. The van der Waals surface area contributed by atoms with E-state index in [1.54, 1.807) is 33.7 Å². The summed E-state index contributed by atoms with van der Waals surface area (Å²) in [6.07, 6.45) is -2.30. The van der Waals surface area contributed by atoms with E-state index in [1.165, 1.54) is 10.6 Å². The molecule has 3 N–H and O–H groups in total. The van der Waals surface area contributed by atoms with Crippen LogP contribution in [-0.4, -0.2) is 87.6 Å². The first-order valence-electron chi connectivity index (χ1n) is 11.1. The largest absolute Gasteiger partial charge is 0.490 e. The van der Waals surface area contributed by atoms with Gasteiger partial charge in [0.15, 0.2) is 0 Å². The van der Waals surface area contributed by atoms with Crippen molar-refractivity contribution in [3.8, 4) is 11.3 Å². The minimum atomic E-state index is -5.08. The van der Waals surface area contributed by atoms with Gasteiger partial charge in [-0.2, -0.15) is 17.5 Å². The van der Waals surface area contributed by atoms with Gasteiger partial charge in [-0.25, -0.2) is 23.2 Å². The monoisotopic (exact) mass is 610 g/mol. The highest BCUT2D eigenvalue weighted by Crippen LogP contribution is 2.34. The van der Waals surface area contributed by atoms with Crippen molar-refractivity contribution in [3.63, 3.8) is 0 Å². The highest BCUT2D eigenvalue weighted by atomic mass is 35.5. The van der Waals surface area contributed by atoms with E-state index in [4.69, 9.17) is 38.8 Å². The number of fused-ring (bicyclic) bond motifs is 1. The molecule has 212 valence electrons. The Morgan fingerprint density at radius 2 is 1.72 bits per heavy atom. The molecule has 0 unspecified atom stereocenters. The van der Waals surface area contributed by atoms with Gasteiger partial charge in [0, 0.05) is 60.8 Å². The Hall–Kier alpha value is -2.98. The first-order chi connectivity index (χ1) is 18.0. The Balaban J connectivity index is 0.000000532. The summed E-state index contributed by atoms with van der Waals surface area (Å²) >= 11 is 12.5. The normalized spacial score (nSPS) is 14.7. The molecule has 1 amide bonds. The summed E-state index contributed by atoms with van der Waals surface area (Å²) in [5, 5.41) is 8.07. The summed E-state index contributed by atoms with van der Waals surface area (Å²) in [5.41, 5.74) is 9.10. The summed E-state index contributed by atoms with van der Waals surface area (Å²) in [6.45, 7) is 3.12. The van der Waals surface area contributed by atoms with E-state index >= 15 is 0 Å². The average molecular weight is 611 g/mol. The first-order valence-corrected chi connectivity index (χ1v) is 13.7. The van der Waals surface area contributed by atoms with Gasteiger partial charge in [0.05, 0.1) is 17.0 Å². The van der Waals surface area contributed by atoms with Crippen LogP contribution in [0.2, 0.25) is 10.0 Å². The number of amides is 1. The molecule has 11 nitrogen and oxygen atoms in total. The first kappa shape index (κ1) is 30.6. The molecule has 2 aromatic heterocycles. The fraction of sp³-hybridized carbons (Fsp3) is 0.364. The standard InChI is InChI=1S/C20H22Cl2N6O3S.C2HF3O2/c1-12-15(10-23)18(14-4-3-13(21)9-16(14)22)28-11-17(25-20(28)24-12)19(29)26-5-7-27(8-6-26)32(2,30)31;3-2(4,5)1(6)7/h3-4,9,11H,5-8,10,23H2,1-2H3;(H,6,7). The molecule has 1 fully saturated rings. The van der Waals surface area contributed by atoms with Crippen molar-refractivity contribution in [3.05, 3.63) is 51.4 Å². The number of imidazole rings is 1. The lowest BCUT2D eigenvalue weighted by Crippen LogP contribution is -2.50. The molecule has 3 heterocycles. The number of piperazine rings is 1. The third-order valence-electron chi connectivity index (χ3n) is 5.77. The summed E-state index contributed by atoms with van der Waals surface area (Å²) in [4.78, 5) is 32.6. The summed E-state index contributed by atoms with van der Waals surface area (Å²) in [7, 11) is -3.28. The fourth-order valence-electron chi connectivity index (χ4n) is 3.85. The van der Waals surface area contributed by atoms with Crippen molar-refractivity contribution >= 4 is 50.9 Å². The number of carboxylic acids is 1. The number of carboxylic acid groups (broad SMARTS) is 1. The van der Waals surface area contributed by atoms with E-state index in [0.717, 1.165) is 5.56 Å². The van der Waals surface area contributed by atoms with Crippen LogP contribution >= 0.6 is 23.2 Å². The second kappa shape index (κ2) is 11.6. The molecule has 1 aliphatic heterocycles. The van der Waals surface area contributed by atoms with Crippen molar-refractivity contribution in [1.82, 2.24) is 23.6 Å². The SMILES string of the molecule is Cc1nc2nc(C(=O)N3CCN(S(C)(=O)=O)CC3)cn2c(-c2ccc(Cl)cc2Cl)c1CN.O=C(O)C(F)(F)F. The van der Waals surface area contributed by atoms with E-state index in [1.807, 2.05) is 6.92 Å². The average Bonchev–Trinajstić information content (AvgIpc) is 3.26. The van der Waals surface area contributed by atoms with Crippen LogP contribution in [0.15, 0.2) is 24.4 Å². The Labute approximate surface area is 231 Å². The lowest BCUT2D eigenvalue weighted by atomic mass is 10.0. The van der Waals surface area contributed by atoms with Gasteiger partial charge < -0.3 is 15.7 Å². The third kappa shape index (κ3) is 6.97. The van der Waals surface area contributed by atoms with Gasteiger partial charge in [-0.1, -0.05) is 23.2 Å². The highest BCUT2D eigenvalue weighted by molar-refractivity contribution is 7.88. The van der Waals surface area contributed by atoms with Crippen LogP contribution in [0.25, 0.3) is 17.0 Å². The predicted octanol–water partition coefficient (Wildman–Crippen LogP) is 2.82. The molecule has 39 heavy (non-hydrogen) atoms. The van der Waals surface area contributed by atoms with E-state index in [9.17, 15) is 26.4 Å². The van der Waals surface area contributed by atoms with Gasteiger partial charge in [0.25, 0.3) is 5.91 Å². The molecule has 4 rings (SSSR count). The smallest absolute Gasteiger partial charge is 0.475 e. The number of alkyl halides is 3. The van der Waals surface area contributed by atoms with Crippen molar-refractivity contribution < 1.29 is 36.3 Å². The van der Waals surface area contributed by atoms with E-state index < -0.39 is 22.2 Å². The zero-order chi connectivity index (χ0) is 29.3. The Bertz CT molecular complexity index is 1520. The molecule has 17 heteroatoms. The maximum atomic E-state index is 13.1. The van der Waals surface area contributed by atoms with Crippen LogP contribution in [0.5, 0.6) is 0 Å². The predicted molar refractivity (Wildman–Crippen MR) is 137 cm³/mol. The number of rotatable bonds is 4. The second-order valence-corrected chi connectivity index (χ2v) is 11.2. The molecule has 0 saturated carbocycles. The van der Waals surface area contributed by atoms with Crippen LogP contribution in [0, 0.1) is 6.92 Å². The molecule has 0 atom stereocenters. The molecular weight excluding hydrogens is 588 g/mol. The number of aliphatic carboxylic acids is 1. The van der Waals surface area contributed by atoms with Crippen molar-refractivity contribution in [2.75, 3.05) is 32.4 Å². The maximum Gasteiger partial charge on any atom is 0.490 e. The maximum absolute atomic E-state index is 13.1. The minimum absolute atomic E-state index is 0.213. The number of hydrogen-bond acceptors (Lipinski definition) is 7. The number of aryl methyl sites for hydroxylation is 1. The Morgan fingerprint density at radius 3 is 2.21 bits per heavy atom. The molecule has 0 aliphatic carbocycles. The van der Waals surface area contributed by atoms with Crippen LogP contribution in [0.3, 0.4) is 0 Å². The molecule has 3 aromatic rings. The van der Waals surface area contributed by atoms with Gasteiger partial charge in [0.2, 0.25) is 15.8 Å². The lowest BCUT2D eigenvalue weighted by molar-refractivity contribution is -0.192. The van der Waals surface area contributed by atoms with Gasteiger partial charge >= 0.3 is 12.1 Å². The molecule has 1 aliphatic rings. The number of nitrogens with two attached hydrogens (primary N) is 1. The number of nitrogens with zero attached hydrogens (tertiary/aromatic N) is 5. The summed E-state index contributed by atoms with van der Waals surface area (Å²) in [6, 6.07) is 5.17. The van der Waals surface area contributed by atoms with Crippen molar-refractivity contribution in [2.45, 2.75) is 19.6 Å². The Kier molecular flexibility index (Phi) is 9.12. The van der Waals surface area contributed by atoms with Gasteiger partial charge in [-0.15, -0.1) is 0 Å². The van der Waals surface area contributed by atoms with Gasteiger partial charge in [-0.3, -0.25) is 9.20 Å². The zero-order valence-corrected chi connectivity index (χ0v) is 22.9. The van der Waals surface area contributed by atoms with Crippen LogP contribution in [0.4, 0.5) is 13.2 Å².